The lowest BCUT2D eigenvalue weighted by Crippen LogP contribution is -2.43. The molecule has 1 rings (SSSR count). The van der Waals surface area contributed by atoms with Gasteiger partial charge in [-0.1, -0.05) is 13.8 Å². The minimum absolute atomic E-state index is 0.0213. The van der Waals surface area contributed by atoms with Crippen molar-refractivity contribution >= 4 is 17.8 Å². The maximum absolute atomic E-state index is 13.0. The van der Waals surface area contributed by atoms with Crippen molar-refractivity contribution in [3.05, 3.63) is 22.5 Å². The molecule has 1 N–H and O–H groups in total. The number of ether oxygens (including phenoxy) is 1. The second kappa shape index (κ2) is 10.1. The zero-order valence-electron chi connectivity index (χ0n) is 17.6. The van der Waals surface area contributed by atoms with Crippen molar-refractivity contribution in [3.63, 3.8) is 0 Å². The van der Waals surface area contributed by atoms with Gasteiger partial charge in [-0.25, -0.2) is 9.59 Å². The van der Waals surface area contributed by atoms with Crippen molar-refractivity contribution < 1.29 is 19.1 Å². The number of carbonyl (C=O) groups excluding carboxylic acids is 3. The number of esters is 1. The van der Waals surface area contributed by atoms with E-state index in [-0.39, 0.29) is 25.0 Å². The lowest BCUT2D eigenvalue weighted by molar-refractivity contribution is 0.0514. The molecule has 0 bridgehead atoms. The first-order chi connectivity index (χ1) is 12.6. The molecule has 7 heteroatoms. The van der Waals surface area contributed by atoms with Crippen molar-refractivity contribution in [2.45, 2.75) is 48.0 Å². The summed E-state index contributed by atoms with van der Waals surface area (Å²) in [4.78, 5) is 39.1. The normalized spacial score (nSPS) is 10.8. The highest BCUT2D eigenvalue weighted by molar-refractivity contribution is 6.04. The zero-order chi connectivity index (χ0) is 20.7. The van der Waals surface area contributed by atoms with Crippen LogP contribution in [0.4, 0.5) is 4.79 Å². The zero-order valence-corrected chi connectivity index (χ0v) is 17.6. The van der Waals surface area contributed by atoms with Gasteiger partial charge < -0.3 is 19.5 Å². The number of carbonyl (C=O) groups is 3. The summed E-state index contributed by atoms with van der Waals surface area (Å²) in [6, 6.07) is -0.247. The predicted molar refractivity (Wildman–Crippen MR) is 105 cm³/mol. The van der Waals surface area contributed by atoms with Crippen LogP contribution in [0.15, 0.2) is 0 Å². The first-order valence-corrected chi connectivity index (χ1v) is 9.54. The lowest BCUT2D eigenvalue weighted by Gasteiger charge is -2.23. The highest BCUT2D eigenvalue weighted by Crippen LogP contribution is 2.23. The second-order valence-corrected chi connectivity index (χ2v) is 7.08. The molecule has 1 aromatic heterocycles. The molecule has 0 atom stereocenters. The Morgan fingerprint density at radius 3 is 2.33 bits per heavy atom. The smallest absolute Gasteiger partial charge is 0.355 e. The van der Waals surface area contributed by atoms with E-state index in [1.165, 1.54) is 0 Å². The third-order valence-electron chi connectivity index (χ3n) is 4.60. The fraction of sp³-hybridized carbons (Fsp3) is 0.650. The summed E-state index contributed by atoms with van der Waals surface area (Å²) < 4.78 is 6.79. The van der Waals surface area contributed by atoms with Crippen LogP contribution in [0.3, 0.4) is 0 Å². The van der Waals surface area contributed by atoms with E-state index in [2.05, 4.69) is 19.2 Å². The number of rotatable bonds is 9. The van der Waals surface area contributed by atoms with E-state index < -0.39 is 5.97 Å². The Hall–Kier alpha value is -2.31. The Labute approximate surface area is 162 Å². The van der Waals surface area contributed by atoms with E-state index in [0.717, 1.165) is 6.42 Å². The third-order valence-corrected chi connectivity index (χ3v) is 4.60. The van der Waals surface area contributed by atoms with Crippen molar-refractivity contribution in [3.8, 4) is 0 Å². The number of amides is 2. The Balaban J connectivity index is 3.13. The predicted octanol–water partition coefficient (Wildman–Crippen LogP) is 3.08. The van der Waals surface area contributed by atoms with Gasteiger partial charge in [0.2, 0.25) is 0 Å². The van der Waals surface area contributed by atoms with Crippen LogP contribution in [0.25, 0.3) is 0 Å². The molecule has 152 valence electrons. The summed E-state index contributed by atoms with van der Waals surface area (Å²) in [6.45, 7) is 12.5. The number of nitrogens with one attached hydrogen (secondary N) is 1. The summed E-state index contributed by atoms with van der Waals surface area (Å²) >= 11 is 0. The average Bonchev–Trinajstić information content (AvgIpc) is 2.80. The van der Waals surface area contributed by atoms with Crippen LogP contribution >= 0.6 is 0 Å². The van der Waals surface area contributed by atoms with Gasteiger partial charge in [-0.05, 0) is 45.6 Å². The Morgan fingerprint density at radius 1 is 1.19 bits per heavy atom. The topological polar surface area (TPSA) is 80.6 Å². The van der Waals surface area contributed by atoms with Gasteiger partial charge in [-0.15, -0.1) is 0 Å². The maximum atomic E-state index is 13.0. The van der Waals surface area contributed by atoms with Crippen molar-refractivity contribution in [1.29, 1.82) is 0 Å². The van der Waals surface area contributed by atoms with Crippen LogP contribution in [0.2, 0.25) is 0 Å². The van der Waals surface area contributed by atoms with Crippen LogP contribution in [0, 0.1) is 19.8 Å². The van der Waals surface area contributed by atoms with Crippen molar-refractivity contribution in [1.82, 2.24) is 14.8 Å². The number of hydrogen-bond donors (Lipinski definition) is 1. The van der Waals surface area contributed by atoms with Gasteiger partial charge in [0.15, 0.2) is 5.78 Å². The van der Waals surface area contributed by atoms with Gasteiger partial charge in [0, 0.05) is 31.4 Å². The van der Waals surface area contributed by atoms with Gasteiger partial charge in [0.1, 0.15) is 5.69 Å². The largest absolute Gasteiger partial charge is 0.461 e. The van der Waals surface area contributed by atoms with Gasteiger partial charge in [0.05, 0.1) is 13.2 Å². The Kier molecular flexibility index (Phi) is 8.53. The van der Waals surface area contributed by atoms with Crippen LogP contribution in [0.5, 0.6) is 0 Å². The fourth-order valence-electron chi connectivity index (χ4n) is 3.06. The molecule has 0 saturated carbocycles. The molecule has 27 heavy (non-hydrogen) atoms. The molecule has 0 aliphatic rings. The van der Waals surface area contributed by atoms with E-state index in [1.807, 2.05) is 6.92 Å². The van der Waals surface area contributed by atoms with Crippen LogP contribution < -0.4 is 5.32 Å². The molecule has 2 amide bonds. The standard InChI is InChI=1S/C20H33N3O4/c1-8-21-20(26)23(11-10-13(3)4)12-16(24)17-14(5)18(19(25)27-9-2)22(7)15(17)6/h13H,8-12H2,1-7H3,(H,21,26). The molecule has 0 spiro atoms. The van der Waals surface area contributed by atoms with Crippen LogP contribution in [-0.4, -0.2) is 53.5 Å². The molecular formula is C20H33N3O4. The van der Waals surface area contributed by atoms with Crippen molar-refractivity contribution in [2.24, 2.45) is 13.0 Å². The molecule has 0 aliphatic carbocycles. The van der Waals surface area contributed by atoms with Crippen molar-refractivity contribution in [2.75, 3.05) is 26.2 Å². The molecule has 0 fully saturated rings. The number of hydrogen-bond acceptors (Lipinski definition) is 4. The van der Waals surface area contributed by atoms with E-state index in [9.17, 15) is 14.4 Å². The molecule has 1 aromatic rings. The molecule has 7 nitrogen and oxygen atoms in total. The summed E-state index contributed by atoms with van der Waals surface area (Å²) in [6.07, 6.45) is 0.811. The first-order valence-electron chi connectivity index (χ1n) is 9.54. The third kappa shape index (κ3) is 5.58. The van der Waals surface area contributed by atoms with E-state index >= 15 is 0 Å². The maximum Gasteiger partial charge on any atom is 0.355 e. The highest BCUT2D eigenvalue weighted by Gasteiger charge is 2.27. The lowest BCUT2D eigenvalue weighted by atomic mass is 10.0. The quantitative estimate of drug-likeness (QED) is 0.528. The molecular weight excluding hydrogens is 346 g/mol. The van der Waals surface area contributed by atoms with Crippen LogP contribution in [0.1, 0.15) is 66.2 Å². The molecule has 0 saturated heterocycles. The molecule has 0 aromatic carbocycles. The van der Waals surface area contributed by atoms with E-state index in [4.69, 9.17) is 4.74 Å². The number of ketones is 1. The number of Topliss-reactive ketones (excluding diaryl/α,β-unsaturated/α-hetero) is 1. The second-order valence-electron chi connectivity index (χ2n) is 7.08. The van der Waals surface area contributed by atoms with Gasteiger partial charge in [-0.3, -0.25) is 4.79 Å². The Morgan fingerprint density at radius 2 is 1.81 bits per heavy atom. The highest BCUT2D eigenvalue weighted by atomic mass is 16.5. The number of aromatic nitrogens is 1. The average molecular weight is 380 g/mol. The molecule has 1 heterocycles. The van der Waals surface area contributed by atoms with E-state index in [1.54, 1.807) is 37.3 Å². The van der Waals surface area contributed by atoms with E-state index in [0.29, 0.717) is 41.5 Å². The fourth-order valence-corrected chi connectivity index (χ4v) is 3.06. The first kappa shape index (κ1) is 22.7. The minimum atomic E-state index is -0.444. The number of urea groups is 1. The molecule has 0 aliphatic heterocycles. The Bertz CT molecular complexity index is 692. The summed E-state index contributed by atoms with van der Waals surface area (Å²) in [5, 5.41) is 2.76. The monoisotopic (exact) mass is 379 g/mol. The summed E-state index contributed by atoms with van der Waals surface area (Å²) in [7, 11) is 1.74. The van der Waals surface area contributed by atoms with Crippen LogP contribution in [-0.2, 0) is 11.8 Å². The number of nitrogens with zero attached hydrogens (tertiary/aromatic N) is 2. The molecule has 0 radical (unpaired) electrons. The summed E-state index contributed by atoms with van der Waals surface area (Å²) in [5.74, 6) is -0.196. The summed E-state index contributed by atoms with van der Waals surface area (Å²) in [5.41, 5.74) is 2.15. The van der Waals surface area contributed by atoms with Gasteiger partial charge in [-0.2, -0.15) is 0 Å². The van der Waals surface area contributed by atoms with Gasteiger partial charge in [0.25, 0.3) is 0 Å². The molecule has 0 unspecified atom stereocenters. The minimum Gasteiger partial charge on any atom is -0.461 e. The van der Waals surface area contributed by atoms with Gasteiger partial charge >= 0.3 is 12.0 Å². The SMILES string of the molecule is CCNC(=O)N(CCC(C)C)CC(=O)c1c(C)c(C(=O)OCC)n(C)c1C.